The molecule has 0 aromatic carbocycles. The van der Waals surface area contributed by atoms with E-state index >= 15 is 0 Å². The van der Waals surface area contributed by atoms with E-state index in [0.29, 0.717) is 5.41 Å². The maximum atomic E-state index is 9.30. The predicted molar refractivity (Wildman–Crippen MR) is 73.2 cm³/mol. The molecule has 0 spiro atoms. The van der Waals surface area contributed by atoms with Crippen LogP contribution in [-0.2, 0) is 0 Å². The van der Waals surface area contributed by atoms with Gasteiger partial charge in [0.2, 0.25) is 0 Å². The molecule has 1 aliphatic carbocycles. The van der Waals surface area contributed by atoms with E-state index in [1.165, 1.54) is 6.42 Å². The van der Waals surface area contributed by atoms with Crippen LogP contribution < -0.4 is 5.32 Å². The Morgan fingerprint density at radius 1 is 1.35 bits per heavy atom. The summed E-state index contributed by atoms with van der Waals surface area (Å²) >= 11 is 0. The van der Waals surface area contributed by atoms with Gasteiger partial charge in [-0.15, -0.1) is 0 Å². The van der Waals surface area contributed by atoms with E-state index in [2.05, 4.69) is 38.0 Å². The largest absolute Gasteiger partial charge is 0.393 e. The lowest BCUT2D eigenvalue weighted by Gasteiger charge is -2.38. The van der Waals surface area contributed by atoms with Crippen molar-refractivity contribution < 1.29 is 5.11 Å². The number of hydrogen-bond acceptors (Lipinski definition) is 3. The fourth-order valence-corrected chi connectivity index (χ4v) is 2.73. The van der Waals surface area contributed by atoms with Gasteiger partial charge in [0.15, 0.2) is 0 Å². The molecule has 0 radical (unpaired) electrons. The first-order chi connectivity index (χ1) is 7.99. The zero-order chi connectivity index (χ0) is 12.9. The first kappa shape index (κ1) is 14.9. The predicted octanol–water partition coefficient (Wildman–Crippen LogP) is 1.71. The Morgan fingerprint density at radius 3 is 2.47 bits per heavy atom. The van der Waals surface area contributed by atoms with Crippen LogP contribution in [0, 0.1) is 11.3 Å². The minimum Gasteiger partial charge on any atom is -0.393 e. The number of rotatable bonds is 8. The number of nitrogens with one attached hydrogen (secondary N) is 1. The van der Waals surface area contributed by atoms with Crippen molar-refractivity contribution in [1.82, 2.24) is 10.2 Å². The van der Waals surface area contributed by atoms with Crippen LogP contribution in [0.5, 0.6) is 0 Å². The van der Waals surface area contributed by atoms with Crippen LogP contribution in [0.4, 0.5) is 0 Å². The van der Waals surface area contributed by atoms with Crippen LogP contribution in [-0.4, -0.2) is 49.3 Å². The molecule has 0 amide bonds. The Balaban J connectivity index is 2.28. The van der Waals surface area contributed by atoms with Crippen LogP contribution in [0.25, 0.3) is 0 Å². The summed E-state index contributed by atoms with van der Waals surface area (Å²) in [7, 11) is 2.21. The quantitative estimate of drug-likeness (QED) is 0.680. The molecule has 0 aromatic rings. The molecule has 3 heteroatoms. The number of nitrogens with zero attached hydrogens (tertiary/aromatic N) is 1. The summed E-state index contributed by atoms with van der Waals surface area (Å²) in [4.78, 5) is 2.44. The zero-order valence-electron chi connectivity index (χ0n) is 12.0. The van der Waals surface area contributed by atoms with Crippen LogP contribution in [0.3, 0.4) is 0 Å². The van der Waals surface area contributed by atoms with Crippen molar-refractivity contribution in [1.29, 1.82) is 0 Å². The Labute approximate surface area is 107 Å². The van der Waals surface area contributed by atoms with Gasteiger partial charge in [-0.2, -0.15) is 0 Å². The van der Waals surface area contributed by atoms with Gasteiger partial charge in [-0.1, -0.05) is 20.8 Å². The number of hydrogen-bond donors (Lipinski definition) is 2. The van der Waals surface area contributed by atoms with Gasteiger partial charge in [0.25, 0.3) is 0 Å². The molecule has 1 rings (SSSR count). The third-order valence-corrected chi connectivity index (χ3v) is 4.09. The second-order valence-corrected chi connectivity index (χ2v) is 6.13. The Bertz CT molecular complexity index is 216. The summed E-state index contributed by atoms with van der Waals surface area (Å²) in [5.41, 5.74) is 0.368. The van der Waals surface area contributed by atoms with Crippen molar-refractivity contribution >= 4 is 0 Å². The lowest BCUT2D eigenvalue weighted by Crippen LogP contribution is -2.44. The molecule has 1 saturated carbocycles. The highest BCUT2D eigenvalue weighted by Gasteiger charge is 2.30. The van der Waals surface area contributed by atoms with Gasteiger partial charge in [-0.25, -0.2) is 0 Å². The maximum absolute atomic E-state index is 9.30. The second kappa shape index (κ2) is 6.72. The molecule has 0 bridgehead atoms. The van der Waals surface area contributed by atoms with Crippen molar-refractivity contribution in [3.05, 3.63) is 0 Å². The Morgan fingerprint density at radius 2 is 2.00 bits per heavy atom. The minimum absolute atomic E-state index is 0.0206. The van der Waals surface area contributed by atoms with Gasteiger partial charge < -0.3 is 15.3 Å². The third kappa shape index (κ3) is 4.94. The average Bonchev–Trinajstić information content (AvgIpc) is 2.24. The lowest BCUT2D eigenvalue weighted by molar-refractivity contribution is 0.0224. The van der Waals surface area contributed by atoms with Crippen molar-refractivity contribution in [2.24, 2.45) is 11.3 Å². The fourth-order valence-electron chi connectivity index (χ4n) is 2.73. The molecule has 102 valence electrons. The van der Waals surface area contributed by atoms with Crippen LogP contribution in [0.2, 0.25) is 0 Å². The van der Waals surface area contributed by atoms with Crippen LogP contribution >= 0.6 is 0 Å². The zero-order valence-corrected chi connectivity index (χ0v) is 12.0. The molecule has 1 fully saturated rings. The lowest BCUT2D eigenvalue weighted by atomic mass is 9.81. The van der Waals surface area contributed by atoms with E-state index in [-0.39, 0.29) is 6.10 Å². The summed E-state index contributed by atoms with van der Waals surface area (Å²) in [6, 6.07) is 0. The molecule has 0 heterocycles. The molecule has 3 nitrogen and oxygen atoms in total. The van der Waals surface area contributed by atoms with Gasteiger partial charge in [-0.3, -0.25) is 0 Å². The van der Waals surface area contributed by atoms with E-state index in [9.17, 15) is 5.11 Å². The average molecular weight is 242 g/mol. The van der Waals surface area contributed by atoms with E-state index < -0.39 is 0 Å². The van der Waals surface area contributed by atoms with Gasteiger partial charge in [0.1, 0.15) is 0 Å². The second-order valence-electron chi connectivity index (χ2n) is 6.13. The van der Waals surface area contributed by atoms with Crippen LogP contribution in [0.15, 0.2) is 0 Å². The molecular weight excluding hydrogens is 212 g/mol. The summed E-state index contributed by atoms with van der Waals surface area (Å²) < 4.78 is 0. The SMILES string of the molecule is CCNCC(C)(CC)CN(C)CC1CC(O)C1. The van der Waals surface area contributed by atoms with Crippen molar-refractivity contribution in [2.75, 3.05) is 33.2 Å². The minimum atomic E-state index is -0.0206. The topological polar surface area (TPSA) is 35.5 Å². The highest BCUT2D eigenvalue weighted by Crippen LogP contribution is 2.29. The monoisotopic (exact) mass is 242 g/mol. The van der Waals surface area contributed by atoms with E-state index in [1.54, 1.807) is 0 Å². The van der Waals surface area contributed by atoms with E-state index in [0.717, 1.165) is 44.9 Å². The number of aliphatic hydroxyl groups is 1. The standard InChI is InChI=1S/C14H30N2O/c1-5-14(3,10-15-6-2)11-16(4)9-12-7-13(17)8-12/h12-13,15,17H,5-11H2,1-4H3. The van der Waals surface area contributed by atoms with Gasteiger partial charge in [0.05, 0.1) is 6.10 Å². The molecule has 17 heavy (non-hydrogen) atoms. The summed E-state index contributed by atoms with van der Waals surface area (Å²) in [5, 5.41) is 12.8. The Kier molecular flexibility index (Phi) is 5.90. The van der Waals surface area contributed by atoms with E-state index in [4.69, 9.17) is 0 Å². The third-order valence-electron chi connectivity index (χ3n) is 4.09. The van der Waals surface area contributed by atoms with Crippen LogP contribution in [0.1, 0.15) is 40.0 Å². The molecular formula is C14H30N2O. The number of aliphatic hydroxyl groups excluding tert-OH is 1. The van der Waals surface area contributed by atoms with Gasteiger partial charge in [-0.05, 0) is 44.2 Å². The highest BCUT2D eigenvalue weighted by atomic mass is 16.3. The van der Waals surface area contributed by atoms with Gasteiger partial charge >= 0.3 is 0 Å². The Hall–Kier alpha value is -0.120. The fraction of sp³-hybridized carbons (Fsp3) is 1.00. The van der Waals surface area contributed by atoms with E-state index in [1.807, 2.05) is 0 Å². The maximum Gasteiger partial charge on any atom is 0.0546 e. The van der Waals surface area contributed by atoms with Gasteiger partial charge in [0, 0.05) is 19.6 Å². The normalized spacial score (nSPS) is 27.9. The first-order valence-electron chi connectivity index (χ1n) is 7.06. The smallest absolute Gasteiger partial charge is 0.0546 e. The molecule has 0 aromatic heterocycles. The molecule has 1 unspecified atom stereocenters. The highest BCUT2D eigenvalue weighted by molar-refractivity contribution is 4.83. The first-order valence-corrected chi connectivity index (χ1v) is 7.06. The summed E-state index contributed by atoms with van der Waals surface area (Å²) in [5.74, 6) is 0.718. The van der Waals surface area contributed by atoms with Crippen molar-refractivity contribution in [3.63, 3.8) is 0 Å². The van der Waals surface area contributed by atoms with Crippen molar-refractivity contribution in [2.45, 2.75) is 46.1 Å². The molecule has 2 N–H and O–H groups in total. The molecule has 0 saturated heterocycles. The molecule has 1 aliphatic rings. The molecule has 1 atom stereocenters. The summed E-state index contributed by atoms with van der Waals surface area (Å²) in [6.07, 6.45) is 3.19. The summed E-state index contributed by atoms with van der Waals surface area (Å²) in [6.45, 7) is 11.2. The van der Waals surface area contributed by atoms with Crippen molar-refractivity contribution in [3.8, 4) is 0 Å². The molecule has 0 aliphatic heterocycles.